The number of carbonyl (C=O) groups is 2. The maximum atomic E-state index is 12.2. The average Bonchev–Trinajstić information content (AvgIpc) is 2.79. The van der Waals surface area contributed by atoms with Gasteiger partial charge in [-0.1, -0.05) is 11.6 Å². The van der Waals surface area contributed by atoms with Gasteiger partial charge in [0, 0.05) is 24.2 Å². The molecule has 2 fully saturated rings. The molecule has 2 atom stereocenters. The first-order valence-corrected chi connectivity index (χ1v) is 8.04. The van der Waals surface area contributed by atoms with Crippen molar-refractivity contribution in [3.05, 3.63) is 28.8 Å². The molecule has 0 aromatic heterocycles. The molecule has 118 valence electrons. The molecule has 0 aliphatic carbocycles. The first-order chi connectivity index (χ1) is 10.5. The van der Waals surface area contributed by atoms with Crippen LogP contribution in [0.1, 0.15) is 42.5 Å². The second-order valence-electron chi connectivity index (χ2n) is 6.29. The molecule has 0 saturated carbocycles. The molecule has 1 aromatic carbocycles. The van der Waals surface area contributed by atoms with Crippen molar-refractivity contribution in [2.45, 2.75) is 44.2 Å². The summed E-state index contributed by atoms with van der Waals surface area (Å²) in [7, 11) is 0. The summed E-state index contributed by atoms with van der Waals surface area (Å²) < 4.78 is 0. The number of primary amides is 1. The van der Waals surface area contributed by atoms with E-state index in [2.05, 4.69) is 10.6 Å². The Morgan fingerprint density at radius 2 is 1.95 bits per heavy atom. The van der Waals surface area contributed by atoms with Gasteiger partial charge in [-0.15, -0.1) is 0 Å². The summed E-state index contributed by atoms with van der Waals surface area (Å²) in [6.45, 7) is 0. The summed E-state index contributed by atoms with van der Waals surface area (Å²) >= 11 is 5.90. The number of nitrogens with one attached hydrogen (secondary N) is 2. The molecule has 22 heavy (non-hydrogen) atoms. The van der Waals surface area contributed by atoms with Crippen LogP contribution in [-0.4, -0.2) is 23.9 Å². The Hall–Kier alpha value is -1.59. The van der Waals surface area contributed by atoms with Crippen molar-refractivity contribution < 1.29 is 9.59 Å². The highest BCUT2D eigenvalue weighted by Gasteiger charge is 2.34. The van der Waals surface area contributed by atoms with Gasteiger partial charge in [-0.2, -0.15) is 0 Å². The van der Waals surface area contributed by atoms with Gasteiger partial charge in [0.15, 0.2) is 0 Å². The van der Waals surface area contributed by atoms with Gasteiger partial charge in [-0.3, -0.25) is 9.59 Å². The third kappa shape index (κ3) is 3.42. The lowest BCUT2D eigenvalue weighted by Gasteiger charge is -2.28. The van der Waals surface area contributed by atoms with Crippen LogP contribution in [0.15, 0.2) is 18.2 Å². The number of piperidine rings is 1. The van der Waals surface area contributed by atoms with Crippen molar-refractivity contribution in [1.82, 2.24) is 5.32 Å². The van der Waals surface area contributed by atoms with Crippen molar-refractivity contribution in [2.24, 2.45) is 11.7 Å². The fraction of sp³-hybridized carbons (Fsp3) is 0.500. The number of carbonyl (C=O) groups excluding carboxylic acids is 2. The first-order valence-electron chi connectivity index (χ1n) is 7.66. The molecular formula is C16H20ClN3O2. The standard InChI is InChI=1S/C16H20ClN3O2/c17-14-4-3-12(8-13(14)16(18)22)20-15(21)7-9-5-10-1-2-11(6-9)19-10/h3-4,8-11,19H,1-2,5-7H2,(H2,18,22)(H,20,21). The minimum Gasteiger partial charge on any atom is -0.366 e. The van der Waals surface area contributed by atoms with Crippen molar-refractivity contribution in [3.8, 4) is 0 Å². The van der Waals surface area contributed by atoms with Crippen LogP contribution in [0.5, 0.6) is 0 Å². The van der Waals surface area contributed by atoms with E-state index >= 15 is 0 Å². The second-order valence-corrected chi connectivity index (χ2v) is 6.69. The molecule has 2 aliphatic rings. The number of fused-ring (bicyclic) bond motifs is 2. The number of amides is 2. The molecule has 4 N–H and O–H groups in total. The third-order valence-electron chi connectivity index (χ3n) is 4.56. The summed E-state index contributed by atoms with van der Waals surface area (Å²) in [5.74, 6) is -0.193. The Labute approximate surface area is 134 Å². The summed E-state index contributed by atoms with van der Waals surface area (Å²) in [5, 5.41) is 6.70. The van der Waals surface area contributed by atoms with Crippen LogP contribution in [0, 0.1) is 5.92 Å². The summed E-state index contributed by atoms with van der Waals surface area (Å²) in [4.78, 5) is 23.5. The molecule has 6 heteroatoms. The number of benzene rings is 1. The monoisotopic (exact) mass is 321 g/mol. The summed E-state index contributed by atoms with van der Waals surface area (Å²) in [6, 6.07) is 5.93. The normalized spacial score (nSPS) is 26.7. The predicted molar refractivity (Wildman–Crippen MR) is 85.9 cm³/mol. The van der Waals surface area contributed by atoms with E-state index in [4.69, 9.17) is 17.3 Å². The van der Waals surface area contributed by atoms with Crippen LogP contribution in [-0.2, 0) is 4.79 Å². The Morgan fingerprint density at radius 1 is 1.27 bits per heavy atom. The van der Waals surface area contributed by atoms with Crippen LogP contribution >= 0.6 is 11.6 Å². The van der Waals surface area contributed by atoms with E-state index < -0.39 is 5.91 Å². The zero-order chi connectivity index (χ0) is 15.7. The van der Waals surface area contributed by atoms with Gasteiger partial charge in [-0.05, 0) is 49.8 Å². The number of halogens is 1. The molecule has 2 heterocycles. The molecule has 2 unspecified atom stereocenters. The fourth-order valence-electron chi connectivity index (χ4n) is 3.61. The number of hydrogen-bond acceptors (Lipinski definition) is 3. The van der Waals surface area contributed by atoms with E-state index in [9.17, 15) is 9.59 Å². The molecule has 0 spiro atoms. The second kappa shape index (κ2) is 6.26. The largest absolute Gasteiger partial charge is 0.366 e. The molecule has 3 rings (SSSR count). The van der Waals surface area contributed by atoms with E-state index in [0.717, 1.165) is 12.8 Å². The smallest absolute Gasteiger partial charge is 0.250 e. The lowest BCUT2D eigenvalue weighted by Crippen LogP contribution is -2.39. The van der Waals surface area contributed by atoms with E-state index in [1.165, 1.54) is 18.9 Å². The minimum atomic E-state index is -0.601. The van der Waals surface area contributed by atoms with Gasteiger partial charge in [0.2, 0.25) is 11.8 Å². The van der Waals surface area contributed by atoms with Crippen molar-refractivity contribution in [2.75, 3.05) is 5.32 Å². The number of rotatable bonds is 4. The maximum Gasteiger partial charge on any atom is 0.250 e. The predicted octanol–water partition coefficient (Wildman–Crippen LogP) is 2.30. The van der Waals surface area contributed by atoms with Crippen molar-refractivity contribution >= 4 is 29.1 Å². The topological polar surface area (TPSA) is 84.2 Å². The molecule has 2 aliphatic heterocycles. The first kappa shape index (κ1) is 15.3. The van der Waals surface area contributed by atoms with Crippen LogP contribution in [0.4, 0.5) is 5.69 Å². The lowest BCUT2D eigenvalue weighted by molar-refractivity contribution is -0.117. The van der Waals surface area contributed by atoms with Gasteiger partial charge in [0.05, 0.1) is 10.6 Å². The molecule has 2 saturated heterocycles. The Balaban J connectivity index is 1.60. The zero-order valence-corrected chi connectivity index (χ0v) is 13.0. The molecule has 2 bridgehead atoms. The van der Waals surface area contributed by atoms with Crippen LogP contribution < -0.4 is 16.4 Å². The van der Waals surface area contributed by atoms with Gasteiger partial charge in [-0.25, -0.2) is 0 Å². The Kier molecular flexibility index (Phi) is 4.36. The molecular weight excluding hydrogens is 302 g/mol. The fourth-order valence-corrected chi connectivity index (χ4v) is 3.82. The van der Waals surface area contributed by atoms with Gasteiger partial charge in [0.25, 0.3) is 0 Å². The van der Waals surface area contributed by atoms with E-state index in [1.54, 1.807) is 12.1 Å². The third-order valence-corrected chi connectivity index (χ3v) is 4.89. The summed E-state index contributed by atoms with van der Waals surface area (Å²) in [5.41, 5.74) is 6.04. The Morgan fingerprint density at radius 3 is 2.59 bits per heavy atom. The summed E-state index contributed by atoms with van der Waals surface area (Å²) in [6.07, 6.45) is 5.10. The van der Waals surface area contributed by atoms with E-state index in [0.29, 0.717) is 35.1 Å². The Bertz CT molecular complexity index is 593. The highest BCUT2D eigenvalue weighted by molar-refractivity contribution is 6.33. The molecule has 5 nitrogen and oxygen atoms in total. The van der Waals surface area contributed by atoms with Crippen LogP contribution in [0.25, 0.3) is 0 Å². The number of nitrogens with two attached hydrogens (primary N) is 1. The lowest BCUT2D eigenvalue weighted by atomic mass is 9.89. The zero-order valence-electron chi connectivity index (χ0n) is 12.3. The van der Waals surface area contributed by atoms with Crippen molar-refractivity contribution in [3.63, 3.8) is 0 Å². The highest BCUT2D eigenvalue weighted by atomic mass is 35.5. The SMILES string of the molecule is NC(=O)c1cc(NC(=O)CC2CC3CCC(C2)N3)ccc1Cl. The van der Waals surface area contributed by atoms with E-state index in [-0.39, 0.29) is 11.5 Å². The minimum absolute atomic E-state index is 0.0240. The van der Waals surface area contributed by atoms with E-state index in [1.807, 2.05) is 0 Å². The van der Waals surface area contributed by atoms with Gasteiger partial charge < -0.3 is 16.4 Å². The van der Waals surface area contributed by atoms with Crippen molar-refractivity contribution in [1.29, 1.82) is 0 Å². The average molecular weight is 322 g/mol. The molecule has 2 amide bonds. The quantitative estimate of drug-likeness (QED) is 0.795. The highest BCUT2D eigenvalue weighted by Crippen LogP contribution is 2.32. The number of hydrogen-bond donors (Lipinski definition) is 3. The molecule has 1 aromatic rings. The van der Waals surface area contributed by atoms with Crippen LogP contribution in [0.3, 0.4) is 0 Å². The van der Waals surface area contributed by atoms with Gasteiger partial charge >= 0.3 is 0 Å². The molecule has 0 radical (unpaired) electrons. The van der Waals surface area contributed by atoms with Crippen LogP contribution in [0.2, 0.25) is 5.02 Å². The maximum absolute atomic E-state index is 12.2. The van der Waals surface area contributed by atoms with Gasteiger partial charge in [0.1, 0.15) is 0 Å². The number of anilines is 1.